The van der Waals surface area contributed by atoms with Crippen LogP contribution in [-0.2, 0) is 12.8 Å². The van der Waals surface area contributed by atoms with Crippen molar-refractivity contribution >= 4 is 15.9 Å². The van der Waals surface area contributed by atoms with Crippen molar-refractivity contribution in [2.45, 2.75) is 26.7 Å². The molecule has 0 aliphatic heterocycles. The van der Waals surface area contributed by atoms with Crippen LogP contribution >= 0.6 is 15.9 Å². The Morgan fingerprint density at radius 3 is 2.69 bits per heavy atom. The molecule has 0 amide bonds. The molecule has 1 aromatic carbocycles. The summed E-state index contributed by atoms with van der Waals surface area (Å²) in [4.78, 5) is 0. The number of benzene rings is 1. The van der Waals surface area contributed by atoms with Crippen molar-refractivity contribution in [3.8, 4) is 0 Å². The van der Waals surface area contributed by atoms with Gasteiger partial charge in [-0.1, -0.05) is 29.8 Å². The maximum Gasteiger partial charge on any atom is 0.124 e. The summed E-state index contributed by atoms with van der Waals surface area (Å²) < 4.78 is 14.0. The van der Waals surface area contributed by atoms with E-state index < -0.39 is 0 Å². The normalized spacial score (nSPS) is 18.8. The molecular weight excluding hydrogens is 231 g/mol. The molecule has 0 N–H and O–H groups in total. The van der Waals surface area contributed by atoms with Gasteiger partial charge in [0.15, 0.2) is 0 Å². The van der Waals surface area contributed by atoms with Crippen LogP contribution in [0.2, 0.25) is 0 Å². The van der Waals surface area contributed by atoms with E-state index in [2.05, 4.69) is 29.8 Å². The van der Waals surface area contributed by atoms with Gasteiger partial charge < -0.3 is 0 Å². The average molecular weight is 243 g/mol. The Bertz CT molecular complexity index is 355. The molecule has 0 atom stereocenters. The lowest BCUT2D eigenvalue weighted by atomic mass is 9.90. The van der Waals surface area contributed by atoms with Crippen LogP contribution in [0.3, 0.4) is 0 Å². The Balaban J connectivity index is 2.52. The molecule has 1 aliphatic rings. The van der Waals surface area contributed by atoms with Gasteiger partial charge in [0.2, 0.25) is 0 Å². The number of hydrogen-bond donors (Lipinski definition) is 0. The van der Waals surface area contributed by atoms with Gasteiger partial charge in [0.25, 0.3) is 0 Å². The summed E-state index contributed by atoms with van der Waals surface area (Å²) in [5.74, 6) is -0.136. The molecule has 0 saturated carbocycles. The van der Waals surface area contributed by atoms with Gasteiger partial charge in [0, 0.05) is 4.47 Å². The summed E-state index contributed by atoms with van der Waals surface area (Å²) in [6, 6.07) is 3.22. The largest absolute Gasteiger partial charge is 0.207 e. The first-order valence-corrected chi connectivity index (χ1v) is 5.24. The summed E-state index contributed by atoms with van der Waals surface area (Å²) in [5.41, 5.74) is 2.74. The van der Waals surface area contributed by atoms with Gasteiger partial charge in [-0.05, 0) is 41.5 Å². The molecule has 0 saturated heterocycles. The highest BCUT2D eigenvalue weighted by Gasteiger charge is 2.30. The third-order valence-corrected chi connectivity index (χ3v) is 3.28. The van der Waals surface area contributed by atoms with Gasteiger partial charge in [-0.25, -0.2) is 4.39 Å². The van der Waals surface area contributed by atoms with Crippen molar-refractivity contribution in [1.82, 2.24) is 0 Å². The van der Waals surface area contributed by atoms with E-state index >= 15 is 0 Å². The Morgan fingerprint density at radius 2 is 2.00 bits per heavy atom. The van der Waals surface area contributed by atoms with E-state index in [0.717, 1.165) is 22.9 Å². The van der Waals surface area contributed by atoms with E-state index in [0.29, 0.717) is 5.41 Å². The fraction of sp³-hybridized carbons (Fsp3) is 0.455. The van der Waals surface area contributed by atoms with Gasteiger partial charge in [-0.2, -0.15) is 0 Å². The molecule has 0 unspecified atom stereocenters. The molecule has 1 aliphatic carbocycles. The highest BCUT2D eigenvalue weighted by molar-refractivity contribution is 9.10. The number of hydrogen-bond acceptors (Lipinski definition) is 0. The molecule has 2 heteroatoms. The van der Waals surface area contributed by atoms with Crippen molar-refractivity contribution in [1.29, 1.82) is 0 Å². The van der Waals surface area contributed by atoms with Gasteiger partial charge in [-0.15, -0.1) is 0 Å². The van der Waals surface area contributed by atoms with Crippen LogP contribution in [0.5, 0.6) is 0 Å². The highest BCUT2D eigenvalue weighted by Crippen LogP contribution is 2.39. The lowest BCUT2D eigenvalue weighted by Gasteiger charge is -2.14. The molecule has 1 aromatic rings. The topological polar surface area (TPSA) is 0 Å². The van der Waals surface area contributed by atoms with Gasteiger partial charge in [0.1, 0.15) is 5.82 Å². The molecule has 70 valence electrons. The lowest BCUT2D eigenvalue weighted by Crippen LogP contribution is -2.09. The van der Waals surface area contributed by atoms with E-state index in [1.165, 1.54) is 5.56 Å². The van der Waals surface area contributed by atoms with Crippen LogP contribution < -0.4 is 0 Å². The summed E-state index contributed by atoms with van der Waals surface area (Å²) in [6.07, 6.45) is 2.03. The molecule has 0 heterocycles. The molecule has 0 nitrogen and oxygen atoms in total. The average Bonchev–Trinajstić information content (AvgIpc) is 2.23. The molecule has 0 bridgehead atoms. The first-order chi connectivity index (χ1) is 5.98. The third kappa shape index (κ3) is 1.64. The molecule has 0 radical (unpaired) electrons. The van der Waals surface area contributed by atoms with E-state index in [-0.39, 0.29) is 5.82 Å². The van der Waals surface area contributed by atoms with Crippen LogP contribution in [-0.4, -0.2) is 0 Å². The van der Waals surface area contributed by atoms with E-state index in [4.69, 9.17) is 0 Å². The molecular formula is C11H12BrF. The van der Waals surface area contributed by atoms with E-state index in [1.54, 1.807) is 12.1 Å². The fourth-order valence-corrected chi connectivity index (χ4v) is 2.68. The van der Waals surface area contributed by atoms with Crippen molar-refractivity contribution in [3.05, 3.63) is 33.5 Å². The zero-order valence-corrected chi connectivity index (χ0v) is 9.41. The molecule has 0 fully saturated rings. The standard InChI is InChI=1S/C11H12BrF/c1-11(2)5-7-3-8(13)4-10(12)9(7)6-11/h3-4H,5-6H2,1-2H3. The van der Waals surface area contributed by atoms with Crippen molar-refractivity contribution in [2.75, 3.05) is 0 Å². The van der Waals surface area contributed by atoms with Gasteiger partial charge in [-0.3, -0.25) is 0 Å². The predicted octanol–water partition coefficient (Wildman–Crippen LogP) is 3.71. The second-order valence-electron chi connectivity index (χ2n) is 4.54. The molecule has 0 aromatic heterocycles. The Kier molecular flexibility index (Phi) is 1.99. The van der Waals surface area contributed by atoms with Crippen LogP contribution in [0.1, 0.15) is 25.0 Å². The maximum absolute atomic E-state index is 13.0. The van der Waals surface area contributed by atoms with Crippen molar-refractivity contribution in [2.24, 2.45) is 5.41 Å². The maximum atomic E-state index is 13.0. The summed E-state index contributed by atoms with van der Waals surface area (Å²) in [5, 5.41) is 0. The van der Waals surface area contributed by atoms with Gasteiger partial charge >= 0.3 is 0 Å². The molecule has 13 heavy (non-hydrogen) atoms. The van der Waals surface area contributed by atoms with Crippen LogP contribution in [0.15, 0.2) is 16.6 Å². The van der Waals surface area contributed by atoms with E-state index in [9.17, 15) is 4.39 Å². The smallest absolute Gasteiger partial charge is 0.124 e. The first-order valence-electron chi connectivity index (χ1n) is 4.45. The van der Waals surface area contributed by atoms with Crippen molar-refractivity contribution < 1.29 is 4.39 Å². The monoisotopic (exact) mass is 242 g/mol. The quantitative estimate of drug-likeness (QED) is 0.651. The Labute approximate surface area is 86.3 Å². The summed E-state index contributed by atoms with van der Waals surface area (Å²) >= 11 is 3.41. The zero-order valence-electron chi connectivity index (χ0n) is 7.82. The Morgan fingerprint density at radius 1 is 1.31 bits per heavy atom. The van der Waals surface area contributed by atoms with Crippen LogP contribution in [0.4, 0.5) is 4.39 Å². The van der Waals surface area contributed by atoms with Crippen LogP contribution in [0.25, 0.3) is 0 Å². The number of halogens is 2. The SMILES string of the molecule is CC1(C)Cc2cc(F)cc(Br)c2C1. The van der Waals surface area contributed by atoms with Crippen molar-refractivity contribution in [3.63, 3.8) is 0 Å². The van der Waals surface area contributed by atoms with Gasteiger partial charge in [0.05, 0.1) is 0 Å². The second kappa shape index (κ2) is 2.81. The molecule has 2 rings (SSSR count). The third-order valence-electron chi connectivity index (χ3n) is 2.58. The minimum atomic E-state index is -0.136. The van der Waals surface area contributed by atoms with Crippen LogP contribution in [0, 0.1) is 11.2 Å². The number of fused-ring (bicyclic) bond motifs is 1. The fourth-order valence-electron chi connectivity index (χ4n) is 2.07. The minimum Gasteiger partial charge on any atom is -0.207 e. The summed E-state index contributed by atoms with van der Waals surface area (Å²) in [6.45, 7) is 4.44. The summed E-state index contributed by atoms with van der Waals surface area (Å²) in [7, 11) is 0. The lowest BCUT2D eigenvalue weighted by molar-refractivity contribution is 0.392. The number of rotatable bonds is 0. The highest BCUT2D eigenvalue weighted by atomic mass is 79.9. The van der Waals surface area contributed by atoms with E-state index in [1.807, 2.05) is 0 Å². The molecule has 0 spiro atoms. The first kappa shape index (κ1) is 9.20. The predicted molar refractivity (Wildman–Crippen MR) is 55.3 cm³/mol. The Hall–Kier alpha value is -0.370. The zero-order chi connectivity index (χ0) is 9.64. The minimum absolute atomic E-state index is 0.136. The second-order valence-corrected chi connectivity index (χ2v) is 5.40.